The first-order chi connectivity index (χ1) is 11.7. The number of rotatable bonds is 5. The fourth-order valence-corrected chi connectivity index (χ4v) is 3.83. The average Bonchev–Trinajstić information content (AvgIpc) is 2.97. The van der Waals surface area contributed by atoms with E-state index in [9.17, 15) is 4.79 Å². The minimum absolute atomic E-state index is 0.0530. The van der Waals surface area contributed by atoms with E-state index in [1.165, 1.54) is 11.1 Å². The van der Waals surface area contributed by atoms with E-state index in [0.29, 0.717) is 5.75 Å². The standard InChI is InChI=1S/C19H20N2O2S/c1-3-14-9-8-12-16-18(14)21(4-2)19(24-16)20-17(22)13-23-15-10-6-5-7-11-15/h5-12H,3-4,13H2,1-2H3. The summed E-state index contributed by atoms with van der Waals surface area (Å²) in [5, 5.41) is 0. The van der Waals surface area contributed by atoms with Crippen molar-refractivity contribution in [1.29, 1.82) is 0 Å². The van der Waals surface area contributed by atoms with Crippen LogP contribution in [-0.4, -0.2) is 17.1 Å². The van der Waals surface area contributed by atoms with Gasteiger partial charge < -0.3 is 9.30 Å². The molecule has 0 saturated heterocycles. The van der Waals surface area contributed by atoms with Gasteiger partial charge in [0.25, 0.3) is 5.91 Å². The summed E-state index contributed by atoms with van der Waals surface area (Å²) in [5.74, 6) is 0.402. The van der Waals surface area contributed by atoms with Crippen molar-refractivity contribution in [2.24, 2.45) is 4.99 Å². The predicted octanol–water partition coefficient (Wildman–Crippen LogP) is 3.79. The molecule has 0 bridgehead atoms. The van der Waals surface area contributed by atoms with Gasteiger partial charge in [0.15, 0.2) is 11.4 Å². The number of aryl methyl sites for hydroxylation is 2. The number of fused-ring (bicyclic) bond motifs is 1. The summed E-state index contributed by atoms with van der Waals surface area (Å²) in [7, 11) is 0. The van der Waals surface area contributed by atoms with Crippen molar-refractivity contribution in [2.45, 2.75) is 26.8 Å². The molecule has 2 aromatic carbocycles. The molecule has 0 saturated carbocycles. The Morgan fingerprint density at radius 1 is 1.12 bits per heavy atom. The number of carbonyl (C=O) groups is 1. The molecule has 1 heterocycles. The maximum absolute atomic E-state index is 12.2. The lowest BCUT2D eigenvalue weighted by Crippen LogP contribution is -2.19. The highest BCUT2D eigenvalue weighted by atomic mass is 32.1. The quantitative estimate of drug-likeness (QED) is 0.709. The fourth-order valence-electron chi connectivity index (χ4n) is 2.67. The van der Waals surface area contributed by atoms with Crippen molar-refractivity contribution < 1.29 is 9.53 Å². The first-order valence-electron chi connectivity index (χ1n) is 8.09. The number of hydrogen-bond donors (Lipinski definition) is 0. The number of para-hydroxylation sites is 2. The zero-order valence-corrected chi connectivity index (χ0v) is 14.7. The smallest absolute Gasteiger partial charge is 0.286 e. The number of hydrogen-bond acceptors (Lipinski definition) is 3. The molecule has 4 nitrogen and oxygen atoms in total. The molecule has 124 valence electrons. The molecule has 3 aromatic rings. The van der Waals surface area contributed by atoms with Gasteiger partial charge in [-0.15, -0.1) is 0 Å². The minimum Gasteiger partial charge on any atom is -0.484 e. The monoisotopic (exact) mass is 340 g/mol. The molecule has 0 aliphatic rings. The molecule has 5 heteroatoms. The number of nitrogens with zero attached hydrogens (tertiary/aromatic N) is 2. The van der Waals surface area contributed by atoms with E-state index in [-0.39, 0.29) is 12.5 Å². The van der Waals surface area contributed by atoms with Gasteiger partial charge in [-0.1, -0.05) is 48.6 Å². The molecule has 1 amide bonds. The van der Waals surface area contributed by atoms with Crippen LogP contribution in [0.2, 0.25) is 0 Å². The van der Waals surface area contributed by atoms with Gasteiger partial charge in [0.05, 0.1) is 10.2 Å². The van der Waals surface area contributed by atoms with Crippen LogP contribution in [-0.2, 0) is 17.8 Å². The van der Waals surface area contributed by atoms with Crippen LogP contribution in [0.1, 0.15) is 19.4 Å². The van der Waals surface area contributed by atoms with Crippen LogP contribution in [0.3, 0.4) is 0 Å². The third-order valence-electron chi connectivity index (χ3n) is 3.81. The highest BCUT2D eigenvalue weighted by molar-refractivity contribution is 7.16. The van der Waals surface area contributed by atoms with Crippen molar-refractivity contribution in [3.8, 4) is 5.75 Å². The molecule has 3 rings (SSSR count). The number of benzene rings is 2. The van der Waals surface area contributed by atoms with E-state index in [1.807, 2.05) is 30.3 Å². The fraction of sp³-hybridized carbons (Fsp3) is 0.263. The van der Waals surface area contributed by atoms with Crippen LogP contribution in [0.4, 0.5) is 0 Å². The van der Waals surface area contributed by atoms with Gasteiger partial charge in [0, 0.05) is 6.54 Å². The predicted molar refractivity (Wildman–Crippen MR) is 97.4 cm³/mol. The SMILES string of the molecule is CCc1cccc2sc(=NC(=O)COc3ccccc3)n(CC)c12. The van der Waals surface area contributed by atoms with Crippen molar-refractivity contribution >= 4 is 27.5 Å². The number of carbonyl (C=O) groups excluding carboxylic acids is 1. The van der Waals surface area contributed by atoms with E-state index in [1.54, 1.807) is 11.3 Å². The van der Waals surface area contributed by atoms with Gasteiger partial charge >= 0.3 is 0 Å². The summed E-state index contributed by atoms with van der Waals surface area (Å²) in [6.07, 6.45) is 0.957. The largest absolute Gasteiger partial charge is 0.484 e. The molecule has 0 aliphatic heterocycles. The molecule has 0 aliphatic carbocycles. The Morgan fingerprint density at radius 3 is 2.62 bits per heavy atom. The number of amides is 1. The lowest BCUT2D eigenvalue weighted by molar-refractivity contribution is -0.120. The summed E-state index contributed by atoms with van der Waals surface area (Å²) >= 11 is 1.55. The summed E-state index contributed by atoms with van der Waals surface area (Å²) in [5.41, 5.74) is 2.46. The van der Waals surface area contributed by atoms with E-state index in [0.717, 1.165) is 22.5 Å². The summed E-state index contributed by atoms with van der Waals surface area (Å²) in [6.45, 7) is 4.94. The first kappa shape index (κ1) is 16.5. The third-order valence-corrected chi connectivity index (χ3v) is 4.85. The van der Waals surface area contributed by atoms with Crippen LogP contribution < -0.4 is 9.54 Å². The van der Waals surface area contributed by atoms with Crippen LogP contribution in [0.5, 0.6) is 5.75 Å². The zero-order valence-electron chi connectivity index (χ0n) is 13.9. The van der Waals surface area contributed by atoms with E-state index in [4.69, 9.17) is 4.74 Å². The Bertz CT molecular complexity index is 910. The normalized spacial score (nSPS) is 11.8. The number of ether oxygens (including phenoxy) is 1. The molecule has 0 fully saturated rings. The number of thiazole rings is 1. The molecule has 0 radical (unpaired) electrons. The van der Waals surface area contributed by atoms with E-state index >= 15 is 0 Å². The van der Waals surface area contributed by atoms with Crippen molar-refractivity contribution in [1.82, 2.24) is 4.57 Å². The van der Waals surface area contributed by atoms with Crippen molar-refractivity contribution in [3.05, 3.63) is 58.9 Å². The molecule has 0 N–H and O–H groups in total. The van der Waals surface area contributed by atoms with Gasteiger partial charge in [-0.3, -0.25) is 4.79 Å². The van der Waals surface area contributed by atoms with Crippen molar-refractivity contribution in [3.63, 3.8) is 0 Å². The molecule has 0 atom stereocenters. The van der Waals surface area contributed by atoms with Crippen LogP contribution in [0, 0.1) is 0 Å². The van der Waals surface area contributed by atoms with Crippen LogP contribution in [0.25, 0.3) is 10.2 Å². The van der Waals surface area contributed by atoms with Gasteiger partial charge in [0.2, 0.25) is 0 Å². The highest BCUT2D eigenvalue weighted by Gasteiger charge is 2.10. The Balaban J connectivity index is 1.90. The molecule has 24 heavy (non-hydrogen) atoms. The Kier molecular flexibility index (Phi) is 5.11. The van der Waals surface area contributed by atoms with Crippen LogP contribution in [0.15, 0.2) is 53.5 Å². The lowest BCUT2D eigenvalue weighted by atomic mass is 10.1. The maximum Gasteiger partial charge on any atom is 0.286 e. The average molecular weight is 340 g/mol. The first-order valence-corrected chi connectivity index (χ1v) is 8.91. The van der Waals surface area contributed by atoms with E-state index in [2.05, 4.69) is 41.6 Å². The second kappa shape index (κ2) is 7.45. The molecular weight excluding hydrogens is 320 g/mol. The Labute approximate surface area is 145 Å². The van der Waals surface area contributed by atoms with Crippen molar-refractivity contribution in [2.75, 3.05) is 6.61 Å². The second-order valence-corrected chi connectivity index (χ2v) is 6.36. The van der Waals surface area contributed by atoms with Gasteiger partial charge in [-0.05, 0) is 37.1 Å². The van der Waals surface area contributed by atoms with Gasteiger partial charge in [-0.2, -0.15) is 4.99 Å². The molecular formula is C19H20N2O2S. The van der Waals surface area contributed by atoms with E-state index < -0.39 is 0 Å². The zero-order chi connectivity index (χ0) is 16.9. The highest BCUT2D eigenvalue weighted by Crippen LogP contribution is 2.22. The van der Waals surface area contributed by atoms with Crippen LogP contribution >= 0.6 is 11.3 Å². The third kappa shape index (κ3) is 3.41. The van der Waals surface area contributed by atoms with Gasteiger partial charge in [-0.25, -0.2) is 0 Å². The Hall–Kier alpha value is -2.40. The minimum atomic E-state index is -0.273. The summed E-state index contributed by atoms with van der Waals surface area (Å²) in [6, 6.07) is 15.6. The molecule has 0 spiro atoms. The summed E-state index contributed by atoms with van der Waals surface area (Å²) in [4.78, 5) is 17.2. The lowest BCUT2D eigenvalue weighted by Gasteiger charge is -2.05. The Morgan fingerprint density at radius 2 is 1.92 bits per heavy atom. The number of aromatic nitrogens is 1. The molecule has 1 aromatic heterocycles. The maximum atomic E-state index is 12.2. The second-order valence-electron chi connectivity index (χ2n) is 5.35. The molecule has 0 unspecified atom stereocenters. The topological polar surface area (TPSA) is 43.6 Å². The van der Waals surface area contributed by atoms with Gasteiger partial charge in [0.1, 0.15) is 5.75 Å². The summed E-state index contributed by atoms with van der Waals surface area (Å²) < 4.78 is 8.75.